The van der Waals surface area contributed by atoms with Crippen LogP contribution in [0.4, 0.5) is 4.79 Å². The highest BCUT2D eigenvalue weighted by atomic mass is 16.5. The number of carbonyl (C=O) groups is 1. The van der Waals surface area contributed by atoms with Crippen molar-refractivity contribution in [1.82, 2.24) is 4.90 Å². The quantitative estimate of drug-likeness (QED) is 0.557. The molecule has 0 aliphatic carbocycles. The normalized spacial score (nSPS) is 30.1. The topological polar surface area (TPSA) is 29.5 Å². The van der Waals surface area contributed by atoms with Gasteiger partial charge in [-0.05, 0) is 25.7 Å². The minimum atomic E-state index is -0.186. The van der Waals surface area contributed by atoms with Gasteiger partial charge in [-0.2, -0.15) is 0 Å². The fraction of sp³-hybridized carbons (Fsp3) is 0.889. The van der Waals surface area contributed by atoms with Gasteiger partial charge in [0.1, 0.15) is 0 Å². The number of nitrogens with zero attached hydrogens (tertiary/aromatic N) is 1. The minimum Gasteiger partial charge on any atom is -0.453 e. The van der Waals surface area contributed by atoms with Crippen LogP contribution in [0.3, 0.4) is 0 Å². The number of hydrogen-bond donors (Lipinski definition) is 0. The first-order chi connectivity index (χ1) is 5.65. The van der Waals surface area contributed by atoms with Crippen LogP contribution in [0.5, 0.6) is 0 Å². The van der Waals surface area contributed by atoms with Gasteiger partial charge in [0.05, 0.1) is 7.11 Å². The molecule has 0 saturated carbocycles. The zero-order valence-corrected chi connectivity index (χ0v) is 8.04. The zero-order valence-electron chi connectivity index (χ0n) is 8.04. The zero-order chi connectivity index (χ0) is 9.14. The number of hydrogen-bond acceptors (Lipinski definition) is 2. The van der Waals surface area contributed by atoms with E-state index in [1.807, 2.05) is 0 Å². The molecule has 1 heterocycles. The Morgan fingerprint density at radius 1 is 1.50 bits per heavy atom. The molecule has 1 aliphatic rings. The summed E-state index contributed by atoms with van der Waals surface area (Å²) >= 11 is 0. The molecule has 0 radical (unpaired) electrons. The van der Waals surface area contributed by atoms with E-state index in [-0.39, 0.29) is 6.09 Å². The number of likely N-dealkylation sites (tertiary alicyclic amines) is 1. The van der Waals surface area contributed by atoms with Gasteiger partial charge < -0.3 is 9.64 Å². The van der Waals surface area contributed by atoms with Gasteiger partial charge in [0.25, 0.3) is 0 Å². The van der Waals surface area contributed by atoms with Crippen LogP contribution in [-0.4, -0.2) is 30.7 Å². The van der Waals surface area contributed by atoms with Crippen molar-refractivity contribution in [1.29, 1.82) is 0 Å². The van der Waals surface area contributed by atoms with Gasteiger partial charge in [-0.3, -0.25) is 0 Å². The van der Waals surface area contributed by atoms with Crippen molar-refractivity contribution < 1.29 is 9.53 Å². The fourth-order valence-electron chi connectivity index (χ4n) is 1.80. The maximum absolute atomic E-state index is 11.2. The number of amides is 1. The van der Waals surface area contributed by atoms with Crippen LogP contribution in [0.2, 0.25) is 0 Å². The van der Waals surface area contributed by atoms with Crippen LogP contribution in [0.25, 0.3) is 0 Å². The van der Waals surface area contributed by atoms with Crippen LogP contribution in [0.1, 0.15) is 26.7 Å². The summed E-state index contributed by atoms with van der Waals surface area (Å²) in [5.41, 5.74) is 0. The Bertz CT molecular complexity index is 170. The Kier molecular flexibility index (Phi) is 2.95. The third-order valence-electron chi connectivity index (χ3n) is 2.55. The lowest BCUT2D eigenvalue weighted by Crippen LogP contribution is -2.44. The van der Waals surface area contributed by atoms with Gasteiger partial charge >= 0.3 is 6.09 Å². The predicted octanol–water partition coefficient (Wildman–Crippen LogP) is 1.87. The maximum atomic E-state index is 11.2. The maximum Gasteiger partial charge on any atom is 0.409 e. The van der Waals surface area contributed by atoms with Gasteiger partial charge in [0, 0.05) is 12.6 Å². The molecule has 0 aromatic heterocycles. The molecule has 0 bridgehead atoms. The molecule has 0 unspecified atom stereocenters. The van der Waals surface area contributed by atoms with Crippen molar-refractivity contribution in [2.45, 2.75) is 32.7 Å². The van der Waals surface area contributed by atoms with Crippen molar-refractivity contribution in [3.8, 4) is 0 Å². The average Bonchev–Trinajstić information content (AvgIpc) is 2.03. The van der Waals surface area contributed by atoms with Crippen molar-refractivity contribution in [2.75, 3.05) is 13.7 Å². The molecule has 1 amide bonds. The minimum absolute atomic E-state index is 0.186. The number of piperidine rings is 1. The molecule has 1 fully saturated rings. The van der Waals surface area contributed by atoms with Gasteiger partial charge in [-0.1, -0.05) is 6.92 Å². The van der Waals surface area contributed by atoms with Gasteiger partial charge in [-0.25, -0.2) is 4.79 Å². The number of methoxy groups -OCH3 is 1. The van der Waals surface area contributed by atoms with E-state index in [0.29, 0.717) is 6.04 Å². The summed E-state index contributed by atoms with van der Waals surface area (Å²) in [6, 6.07) is 0.334. The summed E-state index contributed by atoms with van der Waals surface area (Å²) in [6.07, 6.45) is 2.00. The Hall–Kier alpha value is -0.730. The SMILES string of the molecule is COC(=O)N1CC[C@@H](C)C[C@@H]1C. The van der Waals surface area contributed by atoms with E-state index in [9.17, 15) is 4.79 Å². The van der Waals surface area contributed by atoms with E-state index in [2.05, 4.69) is 18.6 Å². The molecule has 0 aromatic carbocycles. The molecular formula is C9H17NO2. The largest absolute Gasteiger partial charge is 0.453 e. The Balaban J connectivity index is 2.50. The predicted molar refractivity (Wildman–Crippen MR) is 47.0 cm³/mol. The van der Waals surface area contributed by atoms with Crippen LogP contribution in [0.15, 0.2) is 0 Å². The molecule has 0 N–H and O–H groups in total. The van der Waals surface area contributed by atoms with Crippen LogP contribution >= 0.6 is 0 Å². The van der Waals surface area contributed by atoms with E-state index in [4.69, 9.17) is 0 Å². The number of carbonyl (C=O) groups excluding carboxylic acids is 1. The first-order valence-corrected chi connectivity index (χ1v) is 4.49. The highest BCUT2D eigenvalue weighted by Gasteiger charge is 2.26. The van der Waals surface area contributed by atoms with Crippen molar-refractivity contribution in [3.05, 3.63) is 0 Å². The number of ether oxygens (including phenoxy) is 1. The summed E-state index contributed by atoms with van der Waals surface area (Å²) < 4.78 is 4.68. The Morgan fingerprint density at radius 3 is 2.67 bits per heavy atom. The fourth-order valence-corrected chi connectivity index (χ4v) is 1.80. The van der Waals surface area contributed by atoms with E-state index in [1.54, 1.807) is 4.90 Å². The molecule has 70 valence electrons. The second-order valence-electron chi connectivity index (χ2n) is 3.64. The molecular weight excluding hydrogens is 154 g/mol. The number of rotatable bonds is 0. The summed E-state index contributed by atoms with van der Waals surface area (Å²) in [7, 11) is 1.44. The van der Waals surface area contributed by atoms with Crippen molar-refractivity contribution >= 4 is 6.09 Å². The summed E-state index contributed by atoms with van der Waals surface area (Å²) in [4.78, 5) is 13.0. The average molecular weight is 171 g/mol. The first-order valence-electron chi connectivity index (χ1n) is 4.49. The molecule has 1 rings (SSSR count). The monoisotopic (exact) mass is 171 g/mol. The highest BCUT2D eigenvalue weighted by Crippen LogP contribution is 2.22. The van der Waals surface area contributed by atoms with Crippen LogP contribution in [-0.2, 0) is 4.74 Å². The molecule has 0 aromatic rings. The lowest BCUT2D eigenvalue weighted by Gasteiger charge is -2.35. The van der Waals surface area contributed by atoms with Crippen LogP contribution < -0.4 is 0 Å². The van der Waals surface area contributed by atoms with Gasteiger partial charge in [0.2, 0.25) is 0 Å². The third-order valence-corrected chi connectivity index (χ3v) is 2.55. The summed E-state index contributed by atoms with van der Waals surface area (Å²) in [6.45, 7) is 5.15. The van der Waals surface area contributed by atoms with E-state index >= 15 is 0 Å². The Morgan fingerprint density at radius 2 is 2.17 bits per heavy atom. The van der Waals surface area contributed by atoms with Crippen molar-refractivity contribution in [2.24, 2.45) is 5.92 Å². The lowest BCUT2D eigenvalue weighted by atomic mass is 9.94. The summed E-state index contributed by atoms with van der Waals surface area (Å²) in [5, 5.41) is 0. The second-order valence-corrected chi connectivity index (χ2v) is 3.64. The lowest BCUT2D eigenvalue weighted by molar-refractivity contribution is 0.0836. The smallest absolute Gasteiger partial charge is 0.409 e. The van der Waals surface area contributed by atoms with E-state index in [1.165, 1.54) is 7.11 Å². The van der Waals surface area contributed by atoms with E-state index < -0.39 is 0 Å². The molecule has 1 aliphatic heterocycles. The molecule has 2 atom stereocenters. The van der Waals surface area contributed by atoms with Crippen LogP contribution in [0, 0.1) is 5.92 Å². The first kappa shape index (κ1) is 9.36. The molecule has 1 saturated heterocycles. The molecule has 3 nitrogen and oxygen atoms in total. The third kappa shape index (κ3) is 1.90. The molecule has 12 heavy (non-hydrogen) atoms. The van der Waals surface area contributed by atoms with Crippen molar-refractivity contribution in [3.63, 3.8) is 0 Å². The van der Waals surface area contributed by atoms with Gasteiger partial charge in [-0.15, -0.1) is 0 Å². The molecule has 3 heteroatoms. The molecule has 0 spiro atoms. The second kappa shape index (κ2) is 3.78. The summed E-state index contributed by atoms with van der Waals surface area (Å²) in [5.74, 6) is 0.737. The van der Waals surface area contributed by atoms with E-state index in [0.717, 1.165) is 25.3 Å². The van der Waals surface area contributed by atoms with Gasteiger partial charge in [0.15, 0.2) is 0 Å². The highest BCUT2D eigenvalue weighted by molar-refractivity contribution is 5.67. The standard InChI is InChI=1S/C9H17NO2/c1-7-4-5-10(8(2)6-7)9(11)12-3/h7-8H,4-6H2,1-3H3/t7-,8+/m1/s1. The Labute approximate surface area is 73.7 Å².